The molecule has 2 N–H and O–H groups in total. The van der Waals surface area contributed by atoms with Gasteiger partial charge in [0.2, 0.25) is 11.8 Å². The lowest BCUT2D eigenvalue weighted by Gasteiger charge is -2.56. The maximum atomic E-state index is 12.6. The minimum absolute atomic E-state index is 0.112. The normalized spacial score (nSPS) is 29.8. The molecular weight excluding hydrogens is 410 g/mol. The van der Waals surface area contributed by atoms with Crippen molar-refractivity contribution in [3.63, 3.8) is 0 Å². The quantitative estimate of drug-likeness (QED) is 0.662. The van der Waals surface area contributed by atoms with Crippen LogP contribution in [0, 0.1) is 23.2 Å². The highest BCUT2D eigenvalue weighted by molar-refractivity contribution is 6.10. The molecule has 4 bridgehead atoms. The van der Waals surface area contributed by atoms with Crippen molar-refractivity contribution < 1.29 is 23.9 Å². The molecule has 0 unspecified atom stereocenters. The summed E-state index contributed by atoms with van der Waals surface area (Å²) in [6.07, 6.45) is 7.85. The predicted molar refractivity (Wildman–Crippen MR) is 117 cm³/mol. The number of hydrogen-bond donors (Lipinski definition) is 2. The molecule has 4 saturated carbocycles. The number of benzene rings is 1. The van der Waals surface area contributed by atoms with Gasteiger partial charge in [0.25, 0.3) is 5.91 Å². The summed E-state index contributed by atoms with van der Waals surface area (Å²) in [4.78, 5) is 50.4. The first-order valence-corrected chi connectivity index (χ1v) is 11.5. The Hall–Kier alpha value is -2.90. The van der Waals surface area contributed by atoms with E-state index in [0.29, 0.717) is 17.8 Å². The third kappa shape index (κ3) is 4.23. The molecule has 32 heavy (non-hydrogen) atoms. The molecule has 1 heterocycles. The lowest BCUT2D eigenvalue weighted by molar-refractivity contribution is -0.148. The van der Waals surface area contributed by atoms with Crippen LogP contribution < -0.4 is 15.5 Å². The Morgan fingerprint density at radius 1 is 1.06 bits per heavy atom. The number of nitrogens with zero attached hydrogens (tertiary/aromatic N) is 1. The number of anilines is 2. The van der Waals surface area contributed by atoms with Crippen LogP contribution in [0.15, 0.2) is 24.3 Å². The number of carbonyl (C=O) groups excluding carboxylic acids is 4. The van der Waals surface area contributed by atoms with Crippen LogP contribution in [-0.4, -0.2) is 43.4 Å². The van der Waals surface area contributed by atoms with Crippen molar-refractivity contribution in [2.24, 2.45) is 23.2 Å². The minimum Gasteiger partial charge on any atom is -0.454 e. The van der Waals surface area contributed by atoms with E-state index in [-0.39, 0.29) is 30.3 Å². The van der Waals surface area contributed by atoms with Gasteiger partial charge in [0.05, 0.1) is 11.4 Å². The van der Waals surface area contributed by atoms with Gasteiger partial charge in [-0.3, -0.25) is 24.1 Å². The summed E-state index contributed by atoms with van der Waals surface area (Å²) in [7, 11) is 0. The standard InChI is InChI=1S/C24H29N3O5/c28-20(11-24-8-15-5-16(9-24)7-17(6-15)10-24)25-12-23(31)32-14-22(30)27-13-21(29)26-18-3-1-2-4-19(18)27/h1-4,15-17H,5-14H2,(H,25,28)(H,26,29). The Morgan fingerprint density at radius 3 is 2.41 bits per heavy atom. The average Bonchev–Trinajstić information content (AvgIpc) is 2.74. The van der Waals surface area contributed by atoms with Gasteiger partial charge >= 0.3 is 5.97 Å². The van der Waals surface area contributed by atoms with Crippen LogP contribution in [0.4, 0.5) is 11.4 Å². The Morgan fingerprint density at radius 2 is 1.72 bits per heavy atom. The number of fused-ring (bicyclic) bond motifs is 1. The number of rotatable bonds is 6. The van der Waals surface area contributed by atoms with Crippen molar-refractivity contribution in [1.29, 1.82) is 0 Å². The van der Waals surface area contributed by atoms with E-state index in [1.54, 1.807) is 24.3 Å². The maximum Gasteiger partial charge on any atom is 0.325 e. The van der Waals surface area contributed by atoms with E-state index in [1.807, 2.05) is 0 Å². The smallest absolute Gasteiger partial charge is 0.325 e. The summed E-state index contributed by atoms with van der Waals surface area (Å²) in [6.45, 7) is -0.865. The Bertz CT molecular complexity index is 923. The second kappa shape index (κ2) is 8.22. The summed E-state index contributed by atoms with van der Waals surface area (Å²) in [5, 5.41) is 5.39. The van der Waals surface area contributed by atoms with Crippen molar-refractivity contribution in [3.05, 3.63) is 24.3 Å². The highest BCUT2D eigenvalue weighted by Crippen LogP contribution is 2.61. The van der Waals surface area contributed by atoms with Gasteiger partial charge in [0, 0.05) is 6.42 Å². The van der Waals surface area contributed by atoms with E-state index in [0.717, 1.165) is 37.0 Å². The average molecular weight is 440 g/mol. The SMILES string of the molecule is O=C(CC12CC3CC(CC(C3)C1)C2)NCC(=O)OCC(=O)N1CC(=O)Nc2ccccc21. The third-order valence-electron chi connectivity index (χ3n) is 7.56. The minimum atomic E-state index is -0.660. The first kappa shape index (κ1) is 21.0. The number of ether oxygens (including phenoxy) is 1. The monoisotopic (exact) mass is 439 g/mol. The van der Waals surface area contributed by atoms with Gasteiger partial charge in [-0.2, -0.15) is 0 Å². The van der Waals surface area contributed by atoms with Gasteiger partial charge in [0.1, 0.15) is 13.1 Å². The van der Waals surface area contributed by atoms with Crippen LogP contribution >= 0.6 is 0 Å². The van der Waals surface area contributed by atoms with Crippen molar-refractivity contribution in [2.75, 3.05) is 29.9 Å². The van der Waals surface area contributed by atoms with Gasteiger partial charge in [-0.25, -0.2) is 0 Å². The molecule has 1 aromatic carbocycles. The number of carbonyl (C=O) groups is 4. The van der Waals surface area contributed by atoms with E-state index >= 15 is 0 Å². The van der Waals surface area contributed by atoms with E-state index in [4.69, 9.17) is 4.74 Å². The van der Waals surface area contributed by atoms with Gasteiger partial charge in [-0.05, 0) is 73.8 Å². The number of para-hydroxylation sites is 2. The topological polar surface area (TPSA) is 105 Å². The van der Waals surface area contributed by atoms with E-state index in [9.17, 15) is 19.2 Å². The van der Waals surface area contributed by atoms with Crippen LogP contribution in [0.5, 0.6) is 0 Å². The van der Waals surface area contributed by atoms with Crippen LogP contribution in [0.25, 0.3) is 0 Å². The summed E-state index contributed by atoms with van der Waals surface area (Å²) in [5.74, 6) is 0.746. The van der Waals surface area contributed by atoms with Crippen LogP contribution in [0.1, 0.15) is 44.9 Å². The number of esters is 1. The fraction of sp³-hybridized carbons (Fsp3) is 0.583. The van der Waals surface area contributed by atoms with Crippen LogP contribution in [0.2, 0.25) is 0 Å². The second-order valence-corrected chi connectivity index (χ2v) is 10.1. The molecule has 170 valence electrons. The predicted octanol–water partition coefficient (Wildman–Crippen LogP) is 2.24. The molecule has 4 fully saturated rings. The zero-order chi connectivity index (χ0) is 22.3. The third-order valence-corrected chi connectivity index (χ3v) is 7.56. The van der Waals surface area contributed by atoms with E-state index in [2.05, 4.69) is 10.6 Å². The van der Waals surface area contributed by atoms with Crippen molar-refractivity contribution in [1.82, 2.24) is 5.32 Å². The van der Waals surface area contributed by atoms with Crippen LogP contribution in [0.3, 0.4) is 0 Å². The van der Waals surface area contributed by atoms with E-state index < -0.39 is 18.5 Å². The summed E-state index contributed by atoms with van der Waals surface area (Å²) < 4.78 is 5.07. The molecule has 0 saturated heterocycles. The largest absolute Gasteiger partial charge is 0.454 e. The second-order valence-electron chi connectivity index (χ2n) is 10.1. The fourth-order valence-electron chi connectivity index (χ4n) is 6.81. The summed E-state index contributed by atoms with van der Waals surface area (Å²) in [5.41, 5.74) is 1.22. The summed E-state index contributed by atoms with van der Waals surface area (Å²) >= 11 is 0. The fourth-order valence-corrected chi connectivity index (χ4v) is 6.81. The molecule has 0 atom stereocenters. The van der Waals surface area contributed by atoms with Gasteiger partial charge in [0.15, 0.2) is 6.61 Å². The zero-order valence-electron chi connectivity index (χ0n) is 18.1. The first-order chi connectivity index (χ1) is 15.4. The lowest BCUT2D eigenvalue weighted by atomic mass is 9.49. The Balaban J connectivity index is 1.09. The molecule has 1 aliphatic heterocycles. The van der Waals surface area contributed by atoms with Gasteiger partial charge in [-0.1, -0.05) is 12.1 Å². The number of nitrogens with one attached hydrogen (secondary N) is 2. The van der Waals surface area contributed by atoms with E-state index in [1.165, 1.54) is 24.2 Å². The van der Waals surface area contributed by atoms with Crippen molar-refractivity contribution in [3.8, 4) is 0 Å². The Labute approximate surface area is 187 Å². The highest BCUT2D eigenvalue weighted by Gasteiger charge is 2.51. The number of hydrogen-bond acceptors (Lipinski definition) is 5. The van der Waals surface area contributed by atoms with Crippen molar-refractivity contribution in [2.45, 2.75) is 44.9 Å². The zero-order valence-corrected chi connectivity index (χ0v) is 18.1. The lowest BCUT2D eigenvalue weighted by Crippen LogP contribution is -2.48. The molecule has 5 aliphatic rings. The van der Waals surface area contributed by atoms with Crippen molar-refractivity contribution >= 4 is 35.1 Å². The molecule has 0 radical (unpaired) electrons. The molecule has 8 heteroatoms. The van der Waals surface area contributed by atoms with Gasteiger partial charge in [-0.15, -0.1) is 0 Å². The first-order valence-electron chi connectivity index (χ1n) is 11.5. The molecule has 6 rings (SSSR count). The highest BCUT2D eigenvalue weighted by atomic mass is 16.5. The van der Waals surface area contributed by atoms with Crippen LogP contribution in [-0.2, 0) is 23.9 Å². The molecular formula is C24H29N3O5. The molecule has 8 nitrogen and oxygen atoms in total. The molecule has 0 aromatic heterocycles. The molecule has 0 spiro atoms. The Kier molecular flexibility index (Phi) is 5.39. The molecule has 4 aliphatic carbocycles. The summed E-state index contributed by atoms with van der Waals surface area (Å²) in [6, 6.07) is 6.96. The maximum absolute atomic E-state index is 12.6. The molecule has 3 amide bonds. The van der Waals surface area contributed by atoms with Gasteiger partial charge < -0.3 is 15.4 Å². The number of amides is 3. The molecule has 1 aromatic rings.